The molecule has 2 aliphatic rings. The Balaban J connectivity index is 1.63. The van der Waals surface area contributed by atoms with Gasteiger partial charge in [-0.05, 0) is 48.5 Å². The van der Waals surface area contributed by atoms with Gasteiger partial charge in [-0.3, -0.25) is 9.80 Å². The average molecular weight is 411 g/mol. The van der Waals surface area contributed by atoms with E-state index in [1.54, 1.807) is 0 Å². The van der Waals surface area contributed by atoms with Gasteiger partial charge in [-0.2, -0.15) is 0 Å². The Morgan fingerprint density at radius 3 is 1.28 bits per heavy atom. The number of hydrogen-bond acceptors (Lipinski definition) is 4. The van der Waals surface area contributed by atoms with Gasteiger partial charge in [0.05, 0.1) is 11.4 Å². The normalized spacial score (nSPS) is 16.1. The fourth-order valence-corrected chi connectivity index (χ4v) is 7.45. The molecule has 6 rings (SSSR count). The van der Waals surface area contributed by atoms with Gasteiger partial charge >= 0.3 is 0 Å². The third kappa shape index (κ3) is 2.53. The Labute approximate surface area is 179 Å². The van der Waals surface area contributed by atoms with Gasteiger partial charge in [0.2, 0.25) is 4.33 Å². The van der Waals surface area contributed by atoms with Crippen LogP contribution in [0.25, 0.3) is 0 Å². The predicted octanol–water partition coefficient (Wildman–Crippen LogP) is 7.49. The molecule has 0 fully saturated rings. The van der Waals surface area contributed by atoms with Gasteiger partial charge in [0.1, 0.15) is 0 Å². The molecule has 2 aliphatic heterocycles. The van der Waals surface area contributed by atoms with E-state index in [1.165, 1.54) is 32.5 Å². The monoisotopic (exact) mass is 410 g/mol. The van der Waals surface area contributed by atoms with Crippen LogP contribution in [0.4, 0.5) is 22.7 Å². The summed E-state index contributed by atoms with van der Waals surface area (Å²) in [7, 11) is 0. The molecule has 0 radical (unpaired) electrons. The summed E-state index contributed by atoms with van der Waals surface area (Å²) in [6.45, 7) is 0. The number of benzene rings is 4. The Morgan fingerprint density at radius 2 is 0.828 bits per heavy atom. The molecule has 0 aromatic heterocycles. The molecule has 140 valence electrons. The number of fused-ring (bicyclic) bond motifs is 2. The number of anilines is 4. The molecular weight excluding hydrogens is 392 g/mol. The summed E-state index contributed by atoms with van der Waals surface area (Å²) in [5, 5.41) is 0. The SMILES string of the molecule is c1ccc(N2c3ccccc3N(c3ccccc3)C23Sc2ccccc2S3)cc1. The first-order valence-electron chi connectivity index (χ1n) is 9.63. The third-order valence-corrected chi connectivity index (χ3v) is 8.34. The summed E-state index contributed by atoms with van der Waals surface area (Å²) < 4.78 is -0.351. The lowest BCUT2D eigenvalue weighted by atomic mass is 10.2. The van der Waals surface area contributed by atoms with Crippen molar-refractivity contribution in [1.29, 1.82) is 0 Å². The van der Waals surface area contributed by atoms with E-state index in [9.17, 15) is 0 Å². The molecule has 0 unspecified atom stereocenters. The quantitative estimate of drug-likeness (QED) is 0.338. The van der Waals surface area contributed by atoms with E-state index in [1.807, 2.05) is 23.5 Å². The van der Waals surface area contributed by atoms with E-state index >= 15 is 0 Å². The van der Waals surface area contributed by atoms with Crippen LogP contribution in [0.2, 0.25) is 0 Å². The van der Waals surface area contributed by atoms with Gasteiger partial charge in [0.25, 0.3) is 0 Å². The molecule has 0 amide bonds. The van der Waals surface area contributed by atoms with E-state index in [0.717, 1.165) is 0 Å². The first-order chi connectivity index (χ1) is 14.4. The van der Waals surface area contributed by atoms with E-state index in [0.29, 0.717) is 0 Å². The molecule has 1 spiro atoms. The Bertz CT molecular complexity index is 1080. The van der Waals surface area contributed by atoms with Crippen molar-refractivity contribution in [1.82, 2.24) is 0 Å². The molecule has 4 aromatic carbocycles. The second-order valence-electron chi connectivity index (χ2n) is 7.03. The van der Waals surface area contributed by atoms with Gasteiger partial charge in [0, 0.05) is 21.2 Å². The number of nitrogens with zero attached hydrogens (tertiary/aromatic N) is 2. The van der Waals surface area contributed by atoms with E-state index in [4.69, 9.17) is 0 Å². The zero-order chi connectivity index (χ0) is 19.3. The van der Waals surface area contributed by atoms with Crippen LogP contribution in [0.5, 0.6) is 0 Å². The van der Waals surface area contributed by atoms with Gasteiger partial charge in [-0.15, -0.1) is 0 Å². The lowest BCUT2D eigenvalue weighted by molar-refractivity contribution is 0.869. The van der Waals surface area contributed by atoms with Gasteiger partial charge in [-0.25, -0.2) is 0 Å². The zero-order valence-corrected chi connectivity index (χ0v) is 17.2. The van der Waals surface area contributed by atoms with E-state index in [-0.39, 0.29) is 4.33 Å². The van der Waals surface area contributed by atoms with E-state index < -0.39 is 0 Å². The lowest BCUT2D eigenvalue weighted by Crippen LogP contribution is -2.46. The molecular formula is C25H18N2S2. The molecule has 0 saturated heterocycles. The molecule has 0 N–H and O–H groups in total. The van der Waals surface area contributed by atoms with Crippen LogP contribution in [0.15, 0.2) is 119 Å². The highest BCUT2D eigenvalue weighted by Crippen LogP contribution is 2.68. The fourth-order valence-electron chi connectivity index (χ4n) is 4.11. The van der Waals surface area contributed by atoms with E-state index in [2.05, 4.69) is 119 Å². The van der Waals surface area contributed by atoms with Crippen molar-refractivity contribution in [3.63, 3.8) is 0 Å². The van der Waals surface area contributed by atoms with Crippen LogP contribution in [-0.2, 0) is 0 Å². The highest BCUT2D eigenvalue weighted by Gasteiger charge is 2.56. The van der Waals surface area contributed by atoms with Gasteiger partial charge < -0.3 is 0 Å². The smallest absolute Gasteiger partial charge is 0.229 e. The Hall–Kier alpha value is -2.82. The first kappa shape index (κ1) is 17.1. The number of para-hydroxylation sites is 4. The molecule has 2 heterocycles. The molecule has 0 bridgehead atoms. The number of hydrogen-bond donors (Lipinski definition) is 0. The van der Waals surface area contributed by atoms with Crippen molar-refractivity contribution >= 4 is 46.3 Å². The summed E-state index contributed by atoms with van der Waals surface area (Å²) in [6.07, 6.45) is 0. The summed E-state index contributed by atoms with van der Waals surface area (Å²) in [4.78, 5) is 7.63. The van der Waals surface area contributed by atoms with Gasteiger partial charge in [0.15, 0.2) is 0 Å². The second kappa shape index (κ2) is 6.61. The Kier molecular flexibility index (Phi) is 3.89. The largest absolute Gasteiger partial charge is 0.298 e. The molecule has 0 saturated carbocycles. The molecule has 29 heavy (non-hydrogen) atoms. The minimum atomic E-state index is -0.351. The third-order valence-electron chi connectivity index (χ3n) is 5.29. The van der Waals surface area contributed by atoms with Crippen LogP contribution >= 0.6 is 23.5 Å². The van der Waals surface area contributed by atoms with Crippen molar-refractivity contribution in [3.8, 4) is 0 Å². The summed E-state index contributed by atoms with van der Waals surface area (Å²) in [5.41, 5.74) is 4.86. The van der Waals surface area contributed by atoms with Crippen LogP contribution in [-0.4, -0.2) is 4.33 Å². The van der Waals surface area contributed by atoms with Gasteiger partial charge in [-0.1, -0.05) is 84.2 Å². The molecule has 4 heteroatoms. The standard InChI is InChI=1S/C25H18N2S2/c1-3-11-19(12-4-1)26-21-15-7-8-16-22(21)27(20-13-5-2-6-14-20)25(26)28-23-17-9-10-18-24(23)29-25/h1-18H. The predicted molar refractivity (Wildman–Crippen MR) is 124 cm³/mol. The topological polar surface area (TPSA) is 6.48 Å². The first-order valence-corrected chi connectivity index (χ1v) is 11.3. The van der Waals surface area contributed by atoms with Crippen molar-refractivity contribution in [2.75, 3.05) is 9.80 Å². The minimum absolute atomic E-state index is 0.351. The van der Waals surface area contributed by atoms with Crippen LogP contribution < -0.4 is 9.80 Å². The second-order valence-corrected chi connectivity index (χ2v) is 9.71. The number of rotatable bonds is 2. The van der Waals surface area contributed by atoms with Crippen LogP contribution in [0.1, 0.15) is 0 Å². The highest BCUT2D eigenvalue weighted by atomic mass is 32.2. The van der Waals surface area contributed by atoms with Crippen molar-refractivity contribution in [3.05, 3.63) is 109 Å². The summed E-state index contributed by atoms with van der Waals surface area (Å²) in [6, 6.07) is 38.9. The van der Waals surface area contributed by atoms with Crippen molar-refractivity contribution < 1.29 is 0 Å². The maximum atomic E-state index is 2.49. The summed E-state index contributed by atoms with van der Waals surface area (Å²) in [5.74, 6) is 0. The Morgan fingerprint density at radius 1 is 0.448 bits per heavy atom. The number of thioether (sulfide) groups is 2. The van der Waals surface area contributed by atoms with Crippen molar-refractivity contribution in [2.45, 2.75) is 14.1 Å². The van der Waals surface area contributed by atoms with Crippen LogP contribution in [0.3, 0.4) is 0 Å². The fraction of sp³-hybridized carbons (Fsp3) is 0.0400. The molecule has 0 aliphatic carbocycles. The maximum absolute atomic E-state index is 2.49. The zero-order valence-electron chi connectivity index (χ0n) is 15.6. The highest BCUT2D eigenvalue weighted by molar-refractivity contribution is 8.21. The van der Waals surface area contributed by atoms with Crippen LogP contribution in [0, 0.1) is 0 Å². The molecule has 4 aromatic rings. The average Bonchev–Trinajstić information content (AvgIpc) is 3.29. The van der Waals surface area contributed by atoms with Crippen molar-refractivity contribution in [2.24, 2.45) is 0 Å². The maximum Gasteiger partial charge on any atom is 0.229 e. The lowest BCUT2D eigenvalue weighted by Gasteiger charge is -2.41. The summed E-state index contributed by atoms with van der Waals surface area (Å²) >= 11 is 3.85. The minimum Gasteiger partial charge on any atom is -0.298 e. The molecule has 2 nitrogen and oxygen atoms in total. The molecule has 0 atom stereocenters.